The highest BCUT2D eigenvalue weighted by atomic mass is 35.5. The van der Waals surface area contributed by atoms with Crippen molar-refractivity contribution >= 4 is 22.6 Å². The zero-order chi connectivity index (χ0) is 13.9. The predicted octanol–water partition coefficient (Wildman–Crippen LogP) is 3.98. The van der Waals surface area contributed by atoms with E-state index in [0.29, 0.717) is 5.02 Å². The Balaban J connectivity index is 1.96. The zero-order valence-corrected chi connectivity index (χ0v) is 11.9. The Morgan fingerprint density at radius 2 is 2.15 bits per heavy atom. The van der Waals surface area contributed by atoms with Crippen LogP contribution in [0.1, 0.15) is 17.2 Å². The molecule has 0 saturated carbocycles. The maximum atomic E-state index is 6.19. The second-order valence-corrected chi connectivity index (χ2v) is 5.11. The monoisotopic (exact) mass is 286 g/mol. The SMILES string of the molecule is CNC(Cc1ccncc1Cl)c1coc2ccccc12. The predicted molar refractivity (Wildman–Crippen MR) is 81.0 cm³/mol. The fourth-order valence-corrected chi connectivity index (χ4v) is 2.62. The molecule has 0 aliphatic carbocycles. The van der Waals surface area contributed by atoms with Crippen molar-refractivity contribution in [2.45, 2.75) is 12.5 Å². The summed E-state index contributed by atoms with van der Waals surface area (Å²) in [6.45, 7) is 0. The Bertz CT molecular complexity index is 723. The molecule has 4 heteroatoms. The third-order valence-electron chi connectivity index (χ3n) is 3.52. The first kappa shape index (κ1) is 13.2. The van der Waals surface area contributed by atoms with Gasteiger partial charge in [0.05, 0.1) is 11.3 Å². The number of pyridine rings is 1. The molecule has 1 aromatic carbocycles. The highest BCUT2D eigenvalue weighted by Crippen LogP contribution is 2.29. The molecule has 102 valence electrons. The fourth-order valence-electron chi connectivity index (χ4n) is 2.43. The molecular formula is C16H15ClN2O. The summed E-state index contributed by atoms with van der Waals surface area (Å²) in [7, 11) is 1.95. The first-order valence-electron chi connectivity index (χ1n) is 6.51. The average Bonchev–Trinajstić information content (AvgIpc) is 2.90. The van der Waals surface area contributed by atoms with Crippen molar-refractivity contribution in [3.63, 3.8) is 0 Å². The van der Waals surface area contributed by atoms with Crippen LogP contribution >= 0.6 is 11.6 Å². The maximum absolute atomic E-state index is 6.19. The number of para-hydroxylation sites is 1. The van der Waals surface area contributed by atoms with Gasteiger partial charge in [-0.05, 0) is 31.2 Å². The highest BCUT2D eigenvalue weighted by Gasteiger charge is 2.17. The largest absolute Gasteiger partial charge is 0.464 e. The van der Waals surface area contributed by atoms with Crippen LogP contribution in [0.4, 0.5) is 0 Å². The van der Waals surface area contributed by atoms with E-state index in [0.717, 1.165) is 28.5 Å². The van der Waals surface area contributed by atoms with E-state index in [4.69, 9.17) is 16.0 Å². The van der Waals surface area contributed by atoms with Gasteiger partial charge in [-0.25, -0.2) is 0 Å². The third kappa shape index (κ3) is 2.42. The van der Waals surface area contributed by atoms with Crippen molar-refractivity contribution in [2.24, 2.45) is 0 Å². The molecule has 0 radical (unpaired) electrons. The zero-order valence-electron chi connectivity index (χ0n) is 11.1. The van der Waals surface area contributed by atoms with Crippen molar-refractivity contribution in [1.82, 2.24) is 10.3 Å². The van der Waals surface area contributed by atoms with Crippen LogP contribution in [-0.2, 0) is 6.42 Å². The van der Waals surface area contributed by atoms with Gasteiger partial charge in [-0.1, -0.05) is 29.8 Å². The highest BCUT2D eigenvalue weighted by molar-refractivity contribution is 6.31. The summed E-state index contributed by atoms with van der Waals surface area (Å²) >= 11 is 6.19. The van der Waals surface area contributed by atoms with E-state index in [2.05, 4.69) is 16.4 Å². The molecule has 3 nitrogen and oxygen atoms in total. The van der Waals surface area contributed by atoms with E-state index >= 15 is 0 Å². The Morgan fingerprint density at radius 3 is 2.95 bits per heavy atom. The Morgan fingerprint density at radius 1 is 1.30 bits per heavy atom. The van der Waals surface area contributed by atoms with Gasteiger partial charge in [0.25, 0.3) is 0 Å². The molecule has 0 fully saturated rings. The summed E-state index contributed by atoms with van der Waals surface area (Å²) in [5.41, 5.74) is 3.13. The maximum Gasteiger partial charge on any atom is 0.134 e. The number of rotatable bonds is 4. The molecule has 2 aromatic heterocycles. The van der Waals surface area contributed by atoms with Crippen LogP contribution in [0.2, 0.25) is 5.02 Å². The number of hydrogen-bond donors (Lipinski definition) is 1. The van der Waals surface area contributed by atoms with Crippen LogP contribution in [-0.4, -0.2) is 12.0 Å². The molecule has 2 heterocycles. The molecule has 0 spiro atoms. The minimum atomic E-state index is 0.151. The quantitative estimate of drug-likeness (QED) is 0.788. The lowest BCUT2D eigenvalue weighted by atomic mass is 9.99. The summed E-state index contributed by atoms with van der Waals surface area (Å²) in [5.74, 6) is 0. The molecule has 0 aliphatic rings. The molecular weight excluding hydrogens is 272 g/mol. The summed E-state index contributed by atoms with van der Waals surface area (Å²) in [4.78, 5) is 4.02. The lowest BCUT2D eigenvalue weighted by Gasteiger charge is -2.15. The van der Waals surface area contributed by atoms with Crippen molar-refractivity contribution < 1.29 is 4.42 Å². The number of benzene rings is 1. The normalized spacial score (nSPS) is 12.7. The summed E-state index contributed by atoms with van der Waals surface area (Å²) < 4.78 is 5.61. The number of nitrogens with zero attached hydrogens (tertiary/aromatic N) is 1. The van der Waals surface area contributed by atoms with E-state index in [1.165, 1.54) is 0 Å². The lowest BCUT2D eigenvalue weighted by Crippen LogP contribution is -2.18. The molecule has 0 saturated heterocycles. The van der Waals surface area contributed by atoms with Gasteiger partial charge in [-0.2, -0.15) is 0 Å². The summed E-state index contributed by atoms with van der Waals surface area (Å²) in [6.07, 6.45) is 6.06. The van der Waals surface area contributed by atoms with Crippen LogP contribution in [0.5, 0.6) is 0 Å². The van der Waals surface area contributed by atoms with Crippen LogP contribution in [0.25, 0.3) is 11.0 Å². The molecule has 1 unspecified atom stereocenters. The lowest BCUT2D eigenvalue weighted by molar-refractivity contribution is 0.563. The van der Waals surface area contributed by atoms with Gasteiger partial charge in [-0.15, -0.1) is 0 Å². The van der Waals surface area contributed by atoms with Crippen molar-refractivity contribution in [3.8, 4) is 0 Å². The van der Waals surface area contributed by atoms with Gasteiger partial charge in [0.15, 0.2) is 0 Å². The van der Waals surface area contributed by atoms with E-state index in [1.54, 1.807) is 12.4 Å². The van der Waals surface area contributed by atoms with Gasteiger partial charge < -0.3 is 9.73 Å². The number of halogens is 1. The number of hydrogen-bond acceptors (Lipinski definition) is 3. The van der Waals surface area contributed by atoms with Crippen molar-refractivity contribution in [2.75, 3.05) is 7.05 Å². The fraction of sp³-hybridized carbons (Fsp3) is 0.188. The van der Waals surface area contributed by atoms with E-state index in [1.807, 2.05) is 37.6 Å². The number of furan rings is 1. The average molecular weight is 287 g/mol. The minimum Gasteiger partial charge on any atom is -0.464 e. The molecule has 0 bridgehead atoms. The second-order valence-electron chi connectivity index (χ2n) is 4.70. The number of nitrogens with one attached hydrogen (secondary N) is 1. The Labute approximate surface area is 122 Å². The van der Waals surface area contributed by atoms with E-state index in [9.17, 15) is 0 Å². The third-order valence-corrected chi connectivity index (χ3v) is 3.86. The molecule has 0 amide bonds. The molecule has 1 atom stereocenters. The van der Waals surface area contributed by atoms with Crippen LogP contribution in [0.3, 0.4) is 0 Å². The number of aromatic nitrogens is 1. The van der Waals surface area contributed by atoms with E-state index in [-0.39, 0.29) is 6.04 Å². The number of likely N-dealkylation sites (N-methyl/N-ethyl adjacent to an activating group) is 1. The van der Waals surface area contributed by atoms with Crippen molar-refractivity contribution in [1.29, 1.82) is 0 Å². The first-order chi connectivity index (χ1) is 9.79. The van der Waals surface area contributed by atoms with Crippen LogP contribution < -0.4 is 5.32 Å². The standard InChI is InChI=1S/C16H15ClN2O/c1-18-15(8-11-6-7-19-9-14(11)17)13-10-20-16-5-3-2-4-12(13)16/h2-7,9-10,15,18H,8H2,1H3. The van der Waals surface area contributed by atoms with Gasteiger partial charge in [0, 0.05) is 29.4 Å². The first-order valence-corrected chi connectivity index (χ1v) is 6.89. The topological polar surface area (TPSA) is 38.1 Å². The summed E-state index contributed by atoms with van der Waals surface area (Å²) in [5, 5.41) is 5.16. The van der Waals surface area contributed by atoms with Crippen molar-refractivity contribution in [3.05, 3.63) is 65.1 Å². The summed E-state index contributed by atoms with van der Waals surface area (Å²) in [6, 6.07) is 10.2. The van der Waals surface area contributed by atoms with Crippen LogP contribution in [0, 0.1) is 0 Å². The van der Waals surface area contributed by atoms with E-state index < -0.39 is 0 Å². The van der Waals surface area contributed by atoms with Gasteiger partial charge >= 0.3 is 0 Å². The van der Waals surface area contributed by atoms with Gasteiger partial charge in [0.2, 0.25) is 0 Å². The second kappa shape index (κ2) is 5.65. The Kier molecular flexibility index (Phi) is 3.72. The van der Waals surface area contributed by atoms with Crippen LogP contribution in [0.15, 0.2) is 53.4 Å². The number of fused-ring (bicyclic) bond motifs is 1. The van der Waals surface area contributed by atoms with Gasteiger partial charge in [0.1, 0.15) is 5.58 Å². The smallest absolute Gasteiger partial charge is 0.134 e. The van der Waals surface area contributed by atoms with Gasteiger partial charge in [-0.3, -0.25) is 4.98 Å². The molecule has 3 rings (SSSR count). The minimum absolute atomic E-state index is 0.151. The molecule has 3 aromatic rings. The molecule has 1 N–H and O–H groups in total. The molecule has 0 aliphatic heterocycles. The molecule has 20 heavy (non-hydrogen) atoms. The Hall–Kier alpha value is -1.84.